The maximum Gasteiger partial charge on any atom is 0.319 e. The molecule has 3 fully saturated rings. The van der Waals surface area contributed by atoms with Crippen molar-refractivity contribution in [1.82, 2.24) is 20.2 Å². The number of nitrogens with zero attached hydrogens (tertiary/aromatic N) is 4. The van der Waals surface area contributed by atoms with Crippen molar-refractivity contribution < 1.29 is 23.4 Å². The van der Waals surface area contributed by atoms with Crippen LogP contribution < -0.4 is 15.0 Å². The summed E-state index contributed by atoms with van der Waals surface area (Å²) >= 11 is 0. The minimum atomic E-state index is -0.802. The van der Waals surface area contributed by atoms with E-state index in [1.165, 1.54) is 12.1 Å². The summed E-state index contributed by atoms with van der Waals surface area (Å²) in [4.78, 5) is 13.7. The first-order valence-electron chi connectivity index (χ1n) is 15.7. The number of ether oxygens (including phenoxy) is 2. The molecule has 8 nitrogen and oxygen atoms in total. The van der Waals surface area contributed by atoms with E-state index in [0.717, 1.165) is 24.9 Å². The summed E-state index contributed by atoms with van der Waals surface area (Å²) < 4.78 is 45.1. The number of hydrogen-bond acceptors (Lipinski definition) is 8. The van der Waals surface area contributed by atoms with Crippen LogP contribution >= 0.6 is 0 Å². The zero-order valence-corrected chi connectivity index (χ0v) is 25.4. The van der Waals surface area contributed by atoms with Crippen molar-refractivity contribution in [2.45, 2.75) is 64.3 Å². The molecule has 2 N–H and O–H groups in total. The predicted octanol–water partition coefficient (Wildman–Crippen LogP) is 5.42. The maximum absolute atomic E-state index is 16.8. The number of anilines is 1. The lowest BCUT2D eigenvalue weighted by Gasteiger charge is -2.35. The Morgan fingerprint density at radius 1 is 1.09 bits per heavy atom. The number of aromatic hydroxyl groups is 1. The molecule has 0 radical (unpaired) electrons. The van der Waals surface area contributed by atoms with Crippen LogP contribution in [-0.2, 0) is 11.2 Å². The molecule has 0 spiro atoms. The van der Waals surface area contributed by atoms with Gasteiger partial charge in [0.25, 0.3) is 0 Å². The van der Waals surface area contributed by atoms with Gasteiger partial charge >= 0.3 is 6.01 Å². The van der Waals surface area contributed by atoms with Crippen molar-refractivity contribution >= 4 is 27.5 Å². The highest BCUT2D eigenvalue weighted by atomic mass is 19.1. The number of halogens is 2. The van der Waals surface area contributed by atoms with Gasteiger partial charge in [0, 0.05) is 49.7 Å². The van der Waals surface area contributed by atoms with Gasteiger partial charge in [-0.3, -0.25) is 4.90 Å². The fourth-order valence-electron chi connectivity index (χ4n) is 7.14. The lowest BCUT2D eigenvalue weighted by molar-refractivity contribution is -0.0575. The standard InChI is InChI=1S/C34H39F2N5O3/c1-4-20-6-5-7-21-12-24(42)13-26(29(20)21)30-28(35)14-27-32(31(30)36)38-34(44-18-25-17-40(19(2)3)10-11-43-25)39-33(27)41-15-22-8-9-23(16-41)37-22/h5-7,12-14,19,22-23,25,37,42H,4,8-11,15-18H2,1-3H3. The Morgan fingerprint density at radius 2 is 1.89 bits per heavy atom. The number of hydrogen-bond donors (Lipinski definition) is 2. The molecule has 0 aliphatic carbocycles. The molecule has 10 heteroatoms. The highest BCUT2D eigenvalue weighted by Gasteiger charge is 2.35. The van der Waals surface area contributed by atoms with Crippen molar-refractivity contribution in [3.63, 3.8) is 0 Å². The number of phenols is 1. The topological polar surface area (TPSA) is 83.0 Å². The third-order valence-corrected chi connectivity index (χ3v) is 9.36. The Balaban J connectivity index is 1.35. The summed E-state index contributed by atoms with van der Waals surface area (Å²) in [5.74, 6) is -1.12. The summed E-state index contributed by atoms with van der Waals surface area (Å²) in [6, 6.07) is 11.1. The second kappa shape index (κ2) is 11.7. The average Bonchev–Trinajstić information content (AvgIpc) is 3.36. The van der Waals surface area contributed by atoms with Crippen molar-refractivity contribution in [1.29, 1.82) is 0 Å². The molecule has 1 aromatic heterocycles. The lowest BCUT2D eigenvalue weighted by atomic mass is 9.92. The van der Waals surface area contributed by atoms with Crippen LogP contribution in [0.4, 0.5) is 14.6 Å². The fraction of sp³-hybridized carbons (Fsp3) is 0.471. The van der Waals surface area contributed by atoms with Gasteiger partial charge in [-0.25, -0.2) is 8.78 Å². The number of piperazine rings is 1. The Kier molecular flexibility index (Phi) is 7.76. The Morgan fingerprint density at radius 3 is 2.64 bits per heavy atom. The molecular formula is C34H39F2N5O3. The van der Waals surface area contributed by atoms with E-state index in [1.807, 2.05) is 25.1 Å². The zero-order valence-electron chi connectivity index (χ0n) is 25.4. The van der Waals surface area contributed by atoms with Crippen LogP contribution in [0.3, 0.4) is 0 Å². The minimum Gasteiger partial charge on any atom is -0.508 e. The molecule has 44 heavy (non-hydrogen) atoms. The highest BCUT2D eigenvalue weighted by molar-refractivity contribution is 6.03. The lowest BCUT2D eigenvalue weighted by Crippen LogP contribution is -2.51. The first kappa shape index (κ1) is 29.1. The third kappa shape index (κ3) is 5.33. The summed E-state index contributed by atoms with van der Waals surface area (Å²) in [6.45, 7) is 10.1. The van der Waals surface area contributed by atoms with E-state index in [-0.39, 0.29) is 35.6 Å². The molecule has 3 saturated heterocycles. The third-order valence-electron chi connectivity index (χ3n) is 9.36. The number of aryl methyl sites for hydroxylation is 1. The molecule has 3 atom stereocenters. The molecule has 3 unspecified atom stereocenters. The zero-order chi connectivity index (χ0) is 30.5. The highest BCUT2D eigenvalue weighted by Crippen LogP contribution is 2.41. The normalized spacial score (nSPS) is 22.4. The molecule has 3 aliphatic heterocycles. The molecule has 3 aromatic carbocycles. The van der Waals surface area contributed by atoms with Crippen LogP contribution in [0.1, 0.15) is 39.2 Å². The fourth-order valence-corrected chi connectivity index (χ4v) is 7.14. The van der Waals surface area contributed by atoms with E-state index in [1.54, 1.807) is 6.07 Å². The smallest absolute Gasteiger partial charge is 0.319 e. The van der Waals surface area contributed by atoms with Gasteiger partial charge in [0.1, 0.15) is 35.6 Å². The first-order valence-corrected chi connectivity index (χ1v) is 15.7. The van der Waals surface area contributed by atoms with E-state index in [4.69, 9.17) is 14.5 Å². The van der Waals surface area contributed by atoms with Crippen molar-refractivity contribution in [3.05, 3.63) is 53.6 Å². The summed E-state index contributed by atoms with van der Waals surface area (Å²) in [5, 5.41) is 15.9. The average molecular weight is 604 g/mol. The number of nitrogens with one attached hydrogen (secondary N) is 1. The molecule has 0 amide bonds. The van der Waals surface area contributed by atoms with Crippen LogP contribution in [0.5, 0.6) is 11.8 Å². The van der Waals surface area contributed by atoms with E-state index >= 15 is 8.78 Å². The van der Waals surface area contributed by atoms with Crippen molar-refractivity contribution in [2.24, 2.45) is 0 Å². The second-order valence-corrected chi connectivity index (χ2v) is 12.6. The summed E-state index contributed by atoms with van der Waals surface area (Å²) in [6.07, 6.45) is 2.59. The summed E-state index contributed by atoms with van der Waals surface area (Å²) in [5.41, 5.74) is 0.995. The van der Waals surface area contributed by atoms with Gasteiger partial charge in [-0.05, 0) is 73.2 Å². The van der Waals surface area contributed by atoms with Crippen LogP contribution in [0.15, 0.2) is 36.4 Å². The van der Waals surface area contributed by atoms with Gasteiger partial charge in [-0.1, -0.05) is 25.1 Å². The molecule has 7 rings (SSSR count). The maximum atomic E-state index is 16.8. The van der Waals surface area contributed by atoms with Gasteiger partial charge in [-0.15, -0.1) is 0 Å². The van der Waals surface area contributed by atoms with Crippen LogP contribution in [-0.4, -0.2) is 83.6 Å². The Labute approximate surface area is 256 Å². The van der Waals surface area contributed by atoms with Gasteiger partial charge in [0.15, 0.2) is 5.82 Å². The molecule has 0 saturated carbocycles. The van der Waals surface area contributed by atoms with Crippen molar-refractivity contribution in [2.75, 3.05) is 44.3 Å². The molecule has 4 aromatic rings. The van der Waals surface area contributed by atoms with Crippen LogP contribution in [0.2, 0.25) is 0 Å². The van der Waals surface area contributed by atoms with Gasteiger partial charge in [0.2, 0.25) is 0 Å². The van der Waals surface area contributed by atoms with E-state index < -0.39 is 11.6 Å². The van der Waals surface area contributed by atoms with E-state index in [9.17, 15) is 5.11 Å². The Bertz CT molecular complexity index is 1700. The van der Waals surface area contributed by atoms with Gasteiger partial charge in [0.05, 0.1) is 12.2 Å². The number of aromatic nitrogens is 2. The largest absolute Gasteiger partial charge is 0.508 e. The van der Waals surface area contributed by atoms with Crippen molar-refractivity contribution in [3.8, 4) is 22.9 Å². The summed E-state index contributed by atoms with van der Waals surface area (Å²) in [7, 11) is 0. The molecular weight excluding hydrogens is 564 g/mol. The van der Waals surface area contributed by atoms with Crippen LogP contribution in [0, 0.1) is 11.6 Å². The number of rotatable bonds is 7. The predicted molar refractivity (Wildman–Crippen MR) is 168 cm³/mol. The monoisotopic (exact) mass is 603 g/mol. The Hall–Kier alpha value is -3.60. The molecule has 232 valence electrons. The SMILES string of the molecule is CCc1cccc2cc(O)cc(-c3c(F)cc4c(N5CC6CCC(C5)N6)nc(OCC5CN(C(C)C)CCO5)nc4c3F)c12. The van der Waals surface area contributed by atoms with Gasteiger partial charge in [-0.2, -0.15) is 9.97 Å². The number of morpholine rings is 1. The molecule has 4 heterocycles. The number of benzene rings is 3. The minimum absolute atomic E-state index is 0.00822. The van der Waals surface area contributed by atoms with E-state index in [2.05, 4.69) is 33.9 Å². The number of fused-ring (bicyclic) bond motifs is 4. The molecule has 3 aliphatic rings. The quantitative estimate of drug-likeness (QED) is 0.290. The molecule has 2 bridgehead atoms. The number of phenolic OH excluding ortho intramolecular Hbond substituents is 1. The first-order chi connectivity index (χ1) is 21.3. The second-order valence-electron chi connectivity index (χ2n) is 12.6. The van der Waals surface area contributed by atoms with Crippen LogP contribution in [0.25, 0.3) is 32.8 Å². The van der Waals surface area contributed by atoms with Gasteiger partial charge < -0.3 is 24.8 Å². The van der Waals surface area contributed by atoms with E-state index in [0.29, 0.717) is 78.3 Å².